The van der Waals surface area contributed by atoms with E-state index in [2.05, 4.69) is 20.9 Å². The monoisotopic (exact) mass is 350 g/mol. The van der Waals surface area contributed by atoms with Crippen LogP contribution in [0.2, 0.25) is 0 Å². The molecule has 0 atom stereocenters. The number of nitrogen functional groups attached to an aromatic ring is 1. The van der Waals surface area contributed by atoms with E-state index in [1.807, 2.05) is 0 Å². The summed E-state index contributed by atoms with van der Waals surface area (Å²) >= 11 is 3.17. The first kappa shape index (κ1) is 14.9. The molecule has 0 saturated carbocycles. The van der Waals surface area contributed by atoms with E-state index in [0.29, 0.717) is 10.2 Å². The number of nitro groups is 1. The van der Waals surface area contributed by atoms with Crippen molar-refractivity contribution in [1.29, 1.82) is 5.41 Å². The highest BCUT2D eigenvalue weighted by Gasteiger charge is 2.19. The average molecular weight is 351 g/mol. The Balaban J connectivity index is 2.50. The van der Waals surface area contributed by atoms with Crippen molar-refractivity contribution in [1.82, 2.24) is 4.98 Å². The van der Waals surface area contributed by atoms with E-state index in [1.54, 1.807) is 25.1 Å². The van der Waals surface area contributed by atoms with E-state index >= 15 is 0 Å². The normalized spacial score (nSPS) is 10.2. The van der Waals surface area contributed by atoms with Crippen LogP contribution in [-0.4, -0.2) is 15.7 Å². The number of aromatic nitrogens is 1. The average Bonchev–Trinajstić information content (AvgIpc) is 2.40. The van der Waals surface area contributed by atoms with Crippen LogP contribution in [0.15, 0.2) is 34.8 Å². The summed E-state index contributed by atoms with van der Waals surface area (Å²) in [7, 11) is 0. The number of rotatable bonds is 4. The lowest BCUT2D eigenvalue weighted by molar-refractivity contribution is -0.385. The fourth-order valence-electron chi connectivity index (χ4n) is 1.64. The topological polar surface area (TPSA) is 115 Å². The Kier molecular flexibility index (Phi) is 4.18. The van der Waals surface area contributed by atoms with Gasteiger partial charge in [0.05, 0.1) is 10.5 Å². The molecule has 1 heterocycles. The van der Waals surface area contributed by atoms with Gasteiger partial charge in [-0.3, -0.25) is 15.5 Å². The van der Waals surface area contributed by atoms with Gasteiger partial charge in [0.1, 0.15) is 5.84 Å². The van der Waals surface area contributed by atoms with Gasteiger partial charge in [-0.25, -0.2) is 4.98 Å². The molecule has 0 saturated heterocycles. The van der Waals surface area contributed by atoms with E-state index < -0.39 is 4.92 Å². The second kappa shape index (κ2) is 5.88. The zero-order valence-corrected chi connectivity index (χ0v) is 12.5. The molecule has 0 aliphatic carbocycles. The maximum absolute atomic E-state index is 11.1. The van der Waals surface area contributed by atoms with Gasteiger partial charge in [0.25, 0.3) is 0 Å². The number of ether oxygens (including phenoxy) is 1. The molecule has 21 heavy (non-hydrogen) atoms. The van der Waals surface area contributed by atoms with Gasteiger partial charge in [0.15, 0.2) is 0 Å². The second-order valence-electron chi connectivity index (χ2n) is 4.19. The summed E-state index contributed by atoms with van der Waals surface area (Å²) in [6.45, 7) is 1.74. The number of halogens is 1. The van der Waals surface area contributed by atoms with Crippen molar-refractivity contribution in [3.63, 3.8) is 0 Å². The first-order valence-electron chi connectivity index (χ1n) is 5.82. The summed E-state index contributed by atoms with van der Waals surface area (Å²) in [5, 5.41) is 18.6. The summed E-state index contributed by atoms with van der Waals surface area (Å²) in [5.41, 5.74) is 6.18. The zero-order chi connectivity index (χ0) is 15.6. The lowest BCUT2D eigenvalue weighted by Gasteiger charge is -2.10. The Bertz CT molecular complexity index is 733. The third kappa shape index (κ3) is 3.34. The number of nitrogens with one attached hydrogen (secondary N) is 1. The van der Waals surface area contributed by atoms with Gasteiger partial charge in [-0.1, -0.05) is 15.9 Å². The third-order valence-electron chi connectivity index (χ3n) is 2.61. The van der Waals surface area contributed by atoms with E-state index in [0.717, 1.165) is 0 Å². The van der Waals surface area contributed by atoms with Gasteiger partial charge in [0, 0.05) is 16.2 Å². The molecule has 0 unspecified atom stereocenters. The molecular formula is C13H11BrN4O3. The highest BCUT2D eigenvalue weighted by molar-refractivity contribution is 9.10. The van der Waals surface area contributed by atoms with Gasteiger partial charge < -0.3 is 10.5 Å². The van der Waals surface area contributed by atoms with Crippen LogP contribution in [-0.2, 0) is 0 Å². The zero-order valence-electron chi connectivity index (χ0n) is 11.0. The summed E-state index contributed by atoms with van der Waals surface area (Å²) in [5.74, 6) is -0.131. The molecule has 0 amide bonds. The van der Waals surface area contributed by atoms with Crippen LogP contribution < -0.4 is 10.5 Å². The van der Waals surface area contributed by atoms with Crippen molar-refractivity contribution < 1.29 is 9.66 Å². The predicted octanol–water partition coefficient (Wildman–Crippen LogP) is 3.14. The van der Waals surface area contributed by atoms with Crippen molar-refractivity contribution >= 4 is 27.5 Å². The molecule has 108 valence electrons. The Hall–Kier alpha value is -2.48. The van der Waals surface area contributed by atoms with Crippen LogP contribution in [0.3, 0.4) is 0 Å². The highest BCUT2D eigenvalue weighted by Crippen LogP contribution is 2.34. The first-order chi connectivity index (χ1) is 9.88. The molecule has 2 rings (SSSR count). The summed E-state index contributed by atoms with van der Waals surface area (Å²) in [6.07, 6.45) is 0. The number of hydrogen-bond acceptors (Lipinski definition) is 5. The number of amidine groups is 1. The molecule has 7 nitrogen and oxygen atoms in total. The molecule has 8 heteroatoms. The van der Waals surface area contributed by atoms with Crippen molar-refractivity contribution in [2.45, 2.75) is 6.92 Å². The fraction of sp³-hybridized carbons (Fsp3) is 0.0769. The second-order valence-corrected chi connectivity index (χ2v) is 5.11. The Morgan fingerprint density at radius 3 is 2.76 bits per heavy atom. The first-order valence-corrected chi connectivity index (χ1v) is 6.61. The van der Waals surface area contributed by atoms with E-state index in [-0.39, 0.29) is 28.7 Å². The minimum absolute atomic E-state index is 0.0313. The van der Waals surface area contributed by atoms with Crippen molar-refractivity contribution in [2.24, 2.45) is 5.73 Å². The summed E-state index contributed by atoms with van der Waals surface area (Å²) < 4.78 is 6.07. The lowest BCUT2D eigenvalue weighted by atomic mass is 10.2. The van der Waals surface area contributed by atoms with Crippen LogP contribution in [0.5, 0.6) is 11.6 Å². The number of benzene rings is 1. The number of aryl methyl sites for hydroxylation is 1. The maximum atomic E-state index is 11.1. The standard InChI is InChI=1S/C13H11BrN4O3/c1-7-2-4-9(12(15)16)13(17-7)21-11-5-3-8(14)6-10(11)18(19)20/h2-6H,1H3,(H3,15,16). The van der Waals surface area contributed by atoms with Crippen molar-refractivity contribution in [3.8, 4) is 11.6 Å². The number of nitrogens with zero attached hydrogens (tertiary/aromatic N) is 2. The molecule has 0 radical (unpaired) electrons. The SMILES string of the molecule is Cc1ccc(C(=N)N)c(Oc2ccc(Br)cc2[N+](=O)[O-])n1. The third-order valence-corrected chi connectivity index (χ3v) is 3.11. The molecule has 2 aromatic rings. The maximum Gasteiger partial charge on any atom is 0.312 e. The van der Waals surface area contributed by atoms with Crippen molar-refractivity contribution in [2.75, 3.05) is 0 Å². The molecule has 0 bridgehead atoms. The quantitative estimate of drug-likeness (QED) is 0.380. The van der Waals surface area contributed by atoms with Gasteiger partial charge in [-0.2, -0.15) is 0 Å². The highest BCUT2D eigenvalue weighted by atomic mass is 79.9. The Morgan fingerprint density at radius 1 is 1.43 bits per heavy atom. The predicted molar refractivity (Wildman–Crippen MR) is 80.9 cm³/mol. The van der Waals surface area contributed by atoms with Gasteiger partial charge >= 0.3 is 5.69 Å². The van der Waals surface area contributed by atoms with Crippen LogP contribution >= 0.6 is 15.9 Å². The fourth-order valence-corrected chi connectivity index (χ4v) is 1.99. The van der Waals surface area contributed by atoms with Crippen LogP contribution in [0.25, 0.3) is 0 Å². The summed E-state index contributed by atoms with van der Waals surface area (Å²) in [6, 6.07) is 7.67. The Morgan fingerprint density at radius 2 is 2.14 bits per heavy atom. The van der Waals surface area contributed by atoms with Gasteiger partial charge in [0.2, 0.25) is 11.6 Å². The van der Waals surface area contributed by atoms with Gasteiger partial charge in [-0.15, -0.1) is 0 Å². The molecule has 0 aliphatic heterocycles. The van der Waals surface area contributed by atoms with Crippen LogP contribution in [0, 0.1) is 22.4 Å². The minimum atomic E-state index is -0.552. The molecular weight excluding hydrogens is 340 g/mol. The number of hydrogen-bond donors (Lipinski definition) is 2. The summed E-state index contributed by atoms with van der Waals surface area (Å²) in [4.78, 5) is 14.7. The van der Waals surface area contributed by atoms with Crippen LogP contribution in [0.4, 0.5) is 5.69 Å². The molecule has 3 N–H and O–H groups in total. The number of nitrogens with two attached hydrogens (primary N) is 1. The van der Waals surface area contributed by atoms with Crippen LogP contribution in [0.1, 0.15) is 11.3 Å². The molecule has 1 aromatic heterocycles. The number of pyridine rings is 1. The van der Waals surface area contributed by atoms with E-state index in [4.69, 9.17) is 15.9 Å². The molecule has 0 spiro atoms. The van der Waals surface area contributed by atoms with Crippen molar-refractivity contribution in [3.05, 3.63) is 56.2 Å². The lowest BCUT2D eigenvalue weighted by Crippen LogP contribution is -2.13. The molecule has 0 aliphatic rings. The van der Waals surface area contributed by atoms with E-state index in [1.165, 1.54) is 12.1 Å². The molecule has 1 aromatic carbocycles. The smallest absolute Gasteiger partial charge is 0.312 e. The van der Waals surface area contributed by atoms with Gasteiger partial charge in [-0.05, 0) is 31.2 Å². The van der Waals surface area contributed by atoms with E-state index in [9.17, 15) is 10.1 Å². The minimum Gasteiger partial charge on any atom is -0.431 e. The largest absolute Gasteiger partial charge is 0.431 e. The molecule has 0 fully saturated rings. The Labute approximate surface area is 128 Å². The number of nitro benzene ring substituents is 1.